The van der Waals surface area contributed by atoms with Gasteiger partial charge in [0.05, 0.1) is 17.6 Å². The number of rotatable bonds is 3. The molecular formula is C12H19NO3S. The van der Waals surface area contributed by atoms with Crippen molar-refractivity contribution in [2.75, 3.05) is 18.1 Å². The third-order valence-electron chi connectivity index (χ3n) is 4.38. The Labute approximate surface area is 102 Å². The van der Waals surface area contributed by atoms with E-state index in [0.29, 0.717) is 11.8 Å². The van der Waals surface area contributed by atoms with Gasteiger partial charge in [0, 0.05) is 6.04 Å². The minimum atomic E-state index is -3.03. The molecule has 2 N–H and O–H groups in total. The van der Waals surface area contributed by atoms with Crippen LogP contribution in [-0.4, -0.2) is 43.7 Å². The first-order chi connectivity index (χ1) is 8.03. The summed E-state index contributed by atoms with van der Waals surface area (Å²) in [5, 5.41) is 12.9. The maximum atomic E-state index is 11.4. The van der Waals surface area contributed by atoms with Gasteiger partial charge in [-0.25, -0.2) is 8.42 Å². The van der Waals surface area contributed by atoms with E-state index < -0.39 is 15.9 Å². The molecule has 5 atom stereocenters. The SMILES string of the molecule is O=S1(=O)C[C@H](O)[C@H](NC[C@H]2C[C@H]3C=C[C@H]2C3)C1. The van der Waals surface area contributed by atoms with Gasteiger partial charge in [0.25, 0.3) is 0 Å². The fourth-order valence-corrected chi connectivity index (χ4v) is 5.23. The molecule has 4 nitrogen and oxygen atoms in total. The maximum absolute atomic E-state index is 11.4. The monoisotopic (exact) mass is 257 g/mol. The number of sulfone groups is 1. The van der Waals surface area contributed by atoms with Crippen LogP contribution in [0.1, 0.15) is 12.8 Å². The zero-order chi connectivity index (χ0) is 12.0. The van der Waals surface area contributed by atoms with E-state index in [9.17, 15) is 13.5 Å². The molecule has 17 heavy (non-hydrogen) atoms. The Morgan fingerprint density at radius 2 is 2.06 bits per heavy atom. The van der Waals surface area contributed by atoms with Gasteiger partial charge in [-0.1, -0.05) is 12.2 Å². The first-order valence-electron chi connectivity index (χ1n) is 6.34. The van der Waals surface area contributed by atoms with Gasteiger partial charge in [0.1, 0.15) is 0 Å². The number of nitrogens with one attached hydrogen (secondary N) is 1. The van der Waals surface area contributed by atoms with Crippen LogP contribution < -0.4 is 5.32 Å². The minimum Gasteiger partial charge on any atom is -0.390 e. The lowest BCUT2D eigenvalue weighted by atomic mass is 9.93. The molecular weight excluding hydrogens is 238 g/mol. The van der Waals surface area contributed by atoms with E-state index in [0.717, 1.165) is 12.5 Å². The Hall–Kier alpha value is -0.390. The molecule has 0 spiro atoms. The highest BCUT2D eigenvalue weighted by atomic mass is 32.2. The summed E-state index contributed by atoms with van der Waals surface area (Å²) in [5.74, 6) is 2.04. The van der Waals surface area contributed by atoms with Crippen molar-refractivity contribution in [3.63, 3.8) is 0 Å². The molecule has 0 aromatic heterocycles. The molecule has 1 aliphatic heterocycles. The lowest BCUT2D eigenvalue weighted by Crippen LogP contribution is -2.41. The van der Waals surface area contributed by atoms with E-state index in [1.807, 2.05) is 0 Å². The van der Waals surface area contributed by atoms with Crippen LogP contribution in [0.25, 0.3) is 0 Å². The fraction of sp³-hybridized carbons (Fsp3) is 0.833. The summed E-state index contributed by atoms with van der Waals surface area (Å²) in [4.78, 5) is 0. The van der Waals surface area contributed by atoms with E-state index in [1.54, 1.807) is 0 Å². The molecule has 1 heterocycles. The van der Waals surface area contributed by atoms with Crippen LogP contribution in [-0.2, 0) is 9.84 Å². The van der Waals surface area contributed by atoms with E-state index in [1.165, 1.54) is 12.8 Å². The van der Waals surface area contributed by atoms with Gasteiger partial charge in [-0.15, -0.1) is 0 Å². The van der Waals surface area contributed by atoms with Crippen molar-refractivity contribution >= 4 is 9.84 Å². The number of hydrogen-bond donors (Lipinski definition) is 2. The number of allylic oxidation sites excluding steroid dienone is 2. The third-order valence-corrected chi connectivity index (χ3v) is 6.10. The second kappa shape index (κ2) is 4.07. The Kier molecular flexibility index (Phi) is 2.80. The number of aliphatic hydroxyl groups is 1. The molecule has 2 fully saturated rings. The Balaban J connectivity index is 1.54. The zero-order valence-electron chi connectivity index (χ0n) is 9.75. The molecule has 0 amide bonds. The molecule has 2 aliphatic carbocycles. The van der Waals surface area contributed by atoms with Crippen LogP contribution >= 0.6 is 0 Å². The first-order valence-corrected chi connectivity index (χ1v) is 8.16. The lowest BCUT2D eigenvalue weighted by Gasteiger charge is -2.22. The molecule has 3 aliphatic rings. The van der Waals surface area contributed by atoms with Crippen molar-refractivity contribution in [3.8, 4) is 0 Å². The van der Waals surface area contributed by atoms with E-state index in [2.05, 4.69) is 17.5 Å². The van der Waals surface area contributed by atoms with E-state index in [4.69, 9.17) is 0 Å². The van der Waals surface area contributed by atoms with Crippen molar-refractivity contribution in [2.45, 2.75) is 25.0 Å². The average molecular weight is 257 g/mol. The summed E-state index contributed by atoms with van der Waals surface area (Å²) in [7, 11) is -3.03. The quantitative estimate of drug-likeness (QED) is 0.696. The van der Waals surface area contributed by atoms with Crippen molar-refractivity contribution in [3.05, 3.63) is 12.2 Å². The molecule has 5 heteroatoms. The average Bonchev–Trinajstić information content (AvgIpc) is 2.89. The van der Waals surface area contributed by atoms with Crippen LogP contribution in [0, 0.1) is 17.8 Å². The third kappa shape index (κ3) is 2.28. The van der Waals surface area contributed by atoms with Gasteiger partial charge in [0.15, 0.2) is 9.84 Å². The molecule has 2 bridgehead atoms. The van der Waals surface area contributed by atoms with Crippen molar-refractivity contribution in [1.82, 2.24) is 5.32 Å². The smallest absolute Gasteiger partial charge is 0.154 e. The van der Waals surface area contributed by atoms with Gasteiger partial charge in [-0.2, -0.15) is 0 Å². The summed E-state index contributed by atoms with van der Waals surface area (Å²) in [6.45, 7) is 0.836. The largest absolute Gasteiger partial charge is 0.390 e. The Morgan fingerprint density at radius 3 is 2.59 bits per heavy atom. The number of hydrogen-bond acceptors (Lipinski definition) is 4. The highest BCUT2D eigenvalue weighted by Gasteiger charge is 2.39. The van der Waals surface area contributed by atoms with Crippen LogP contribution in [0.2, 0.25) is 0 Å². The standard InChI is InChI=1S/C12H19NO3S/c14-12-7-17(15,16)6-11(12)13-5-10-4-8-1-2-9(10)3-8/h1-2,8-14H,3-7H2/t8-,9-,10+,11+,12-/m0/s1. The molecule has 0 unspecified atom stereocenters. The number of aliphatic hydroxyl groups excluding tert-OH is 1. The summed E-state index contributed by atoms with van der Waals surface area (Å²) < 4.78 is 22.7. The molecule has 0 aromatic carbocycles. The molecule has 1 saturated carbocycles. The highest BCUT2D eigenvalue weighted by molar-refractivity contribution is 7.91. The van der Waals surface area contributed by atoms with E-state index >= 15 is 0 Å². The highest BCUT2D eigenvalue weighted by Crippen LogP contribution is 2.43. The summed E-state index contributed by atoms with van der Waals surface area (Å²) in [5.41, 5.74) is 0. The predicted octanol–water partition coefficient (Wildman–Crippen LogP) is -0.0539. The second-order valence-electron chi connectivity index (χ2n) is 5.70. The van der Waals surface area contributed by atoms with Gasteiger partial charge in [0.2, 0.25) is 0 Å². The van der Waals surface area contributed by atoms with Gasteiger partial charge in [-0.05, 0) is 37.1 Å². The van der Waals surface area contributed by atoms with Crippen molar-refractivity contribution in [1.29, 1.82) is 0 Å². The van der Waals surface area contributed by atoms with E-state index in [-0.39, 0.29) is 17.5 Å². The molecule has 96 valence electrons. The van der Waals surface area contributed by atoms with Gasteiger partial charge in [-0.3, -0.25) is 0 Å². The van der Waals surface area contributed by atoms with Crippen molar-refractivity contribution < 1.29 is 13.5 Å². The predicted molar refractivity (Wildman–Crippen MR) is 65.3 cm³/mol. The molecule has 3 rings (SSSR count). The summed E-state index contributed by atoms with van der Waals surface area (Å²) in [6, 6.07) is -0.261. The Bertz CT molecular complexity index is 431. The van der Waals surface area contributed by atoms with Crippen LogP contribution in [0.15, 0.2) is 12.2 Å². The van der Waals surface area contributed by atoms with Gasteiger partial charge >= 0.3 is 0 Å². The second-order valence-corrected chi connectivity index (χ2v) is 7.85. The van der Waals surface area contributed by atoms with Crippen LogP contribution in [0.3, 0.4) is 0 Å². The fourth-order valence-electron chi connectivity index (χ4n) is 3.46. The normalized spacial score (nSPS) is 46.8. The maximum Gasteiger partial charge on any atom is 0.154 e. The molecule has 1 saturated heterocycles. The van der Waals surface area contributed by atoms with Crippen molar-refractivity contribution in [2.24, 2.45) is 17.8 Å². The minimum absolute atomic E-state index is 0.0821. The first kappa shape index (κ1) is 11.7. The summed E-state index contributed by atoms with van der Waals surface area (Å²) in [6.07, 6.45) is 6.34. The molecule has 0 radical (unpaired) electrons. The molecule has 0 aromatic rings. The van der Waals surface area contributed by atoms with Crippen LogP contribution in [0.5, 0.6) is 0 Å². The summed E-state index contributed by atoms with van der Waals surface area (Å²) >= 11 is 0. The van der Waals surface area contributed by atoms with Crippen LogP contribution in [0.4, 0.5) is 0 Å². The Morgan fingerprint density at radius 1 is 1.24 bits per heavy atom. The van der Waals surface area contributed by atoms with Gasteiger partial charge < -0.3 is 10.4 Å². The topological polar surface area (TPSA) is 66.4 Å². The lowest BCUT2D eigenvalue weighted by molar-refractivity contribution is 0.162. The zero-order valence-corrected chi connectivity index (χ0v) is 10.6. The number of fused-ring (bicyclic) bond motifs is 2.